The first kappa shape index (κ1) is 18.9. The molecule has 2 aromatic carbocycles. The zero-order valence-electron chi connectivity index (χ0n) is 14.9. The van der Waals surface area contributed by atoms with Crippen LogP contribution in [0.5, 0.6) is 0 Å². The highest BCUT2D eigenvalue weighted by Gasteiger charge is 2.18. The highest BCUT2D eigenvalue weighted by atomic mass is 32.2. The molecule has 2 amide bonds. The van der Waals surface area contributed by atoms with Gasteiger partial charge in [-0.25, -0.2) is 0 Å². The molecule has 0 spiro atoms. The Labute approximate surface area is 162 Å². The van der Waals surface area contributed by atoms with E-state index in [1.807, 2.05) is 66.8 Å². The number of anilines is 2. The van der Waals surface area contributed by atoms with E-state index in [0.29, 0.717) is 27.9 Å². The lowest BCUT2D eigenvalue weighted by molar-refractivity contribution is -0.115. The average molecular weight is 387 g/mol. The van der Waals surface area contributed by atoms with Gasteiger partial charge in [0.15, 0.2) is 0 Å². The summed E-state index contributed by atoms with van der Waals surface area (Å²) in [6.45, 7) is 3.73. The van der Waals surface area contributed by atoms with E-state index in [1.165, 1.54) is 17.1 Å². The third kappa shape index (κ3) is 4.62. The van der Waals surface area contributed by atoms with Crippen LogP contribution in [0, 0.1) is 6.92 Å². The fourth-order valence-electron chi connectivity index (χ4n) is 2.62. The van der Waals surface area contributed by atoms with Gasteiger partial charge in [-0.2, -0.15) is 0 Å². The topological polar surface area (TPSA) is 58.2 Å². The Morgan fingerprint density at radius 2 is 1.73 bits per heavy atom. The Balaban J connectivity index is 1.70. The number of carbonyl (C=O) groups excluding carboxylic acids is 2. The number of hydrogen-bond acceptors (Lipinski definition) is 4. The normalized spacial score (nSPS) is 14.2. The number of aryl methyl sites for hydroxylation is 1. The molecule has 0 unspecified atom stereocenters. The van der Waals surface area contributed by atoms with Gasteiger partial charge in [0.25, 0.3) is 5.91 Å². The van der Waals surface area contributed by atoms with E-state index in [9.17, 15) is 9.59 Å². The van der Waals surface area contributed by atoms with Crippen LogP contribution in [0.1, 0.15) is 39.4 Å². The Hall–Kier alpha value is -1.92. The van der Waals surface area contributed by atoms with Crippen LogP contribution in [-0.2, 0) is 4.79 Å². The summed E-state index contributed by atoms with van der Waals surface area (Å²) in [6.07, 6.45) is 0.416. The molecule has 1 saturated heterocycles. The Morgan fingerprint density at radius 3 is 2.38 bits per heavy atom. The summed E-state index contributed by atoms with van der Waals surface area (Å²) in [5.41, 5.74) is 4.22. The number of hydrogen-bond donors (Lipinski definition) is 2. The maximum absolute atomic E-state index is 12.6. The van der Waals surface area contributed by atoms with Crippen molar-refractivity contribution in [1.82, 2.24) is 0 Å². The average Bonchev–Trinajstić information content (AvgIpc) is 3.19. The highest BCUT2D eigenvalue weighted by molar-refractivity contribution is 8.19. The maximum Gasteiger partial charge on any atom is 0.255 e. The lowest BCUT2D eigenvalue weighted by Crippen LogP contribution is -2.14. The van der Waals surface area contributed by atoms with Gasteiger partial charge in [0.2, 0.25) is 5.91 Å². The summed E-state index contributed by atoms with van der Waals surface area (Å²) >= 11 is 3.90. The van der Waals surface area contributed by atoms with E-state index >= 15 is 0 Å². The second-order valence-corrected chi connectivity index (χ2v) is 8.81. The van der Waals surface area contributed by atoms with Crippen LogP contribution in [0.2, 0.25) is 0 Å². The zero-order chi connectivity index (χ0) is 18.5. The first-order valence-electron chi connectivity index (χ1n) is 8.62. The van der Waals surface area contributed by atoms with Crippen LogP contribution in [0.3, 0.4) is 0 Å². The van der Waals surface area contributed by atoms with Gasteiger partial charge in [0.1, 0.15) is 0 Å². The second-order valence-electron chi connectivity index (χ2n) is 6.08. The lowest BCUT2D eigenvalue weighted by atomic mass is 10.1. The molecule has 6 heteroatoms. The van der Waals surface area contributed by atoms with Gasteiger partial charge in [-0.3, -0.25) is 9.59 Å². The van der Waals surface area contributed by atoms with E-state index in [2.05, 4.69) is 10.6 Å². The molecular weight excluding hydrogens is 364 g/mol. The van der Waals surface area contributed by atoms with Gasteiger partial charge in [0.05, 0.1) is 4.58 Å². The number of carbonyl (C=O) groups is 2. The molecule has 0 aromatic heterocycles. The fourth-order valence-corrected chi connectivity index (χ4v) is 5.48. The molecule has 0 atom stereocenters. The maximum atomic E-state index is 12.6. The molecular formula is C20H22N2O2S2. The van der Waals surface area contributed by atoms with Crippen molar-refractivity contribution in [3.8, 4) is 0 Å². The van der Waals surface area contributed by atoms with Crippen molar-refractivity contribution in [2.45, 2.75) is 24.9 Å². The predicted molar refractivity (Wildman–Crippen MR) is 112 cm³/mol. The monoisotopic (exact) mass is 386 g/mol. The van der Waals surface area contributed by atoms with Crippen LogP contribution >= 0.6 is 23.5 Å². The standard InChI is InChI=1S/C20H22N2O2S2/c1-3-18(23)21-16-9-4-13(2)17(12-16)22-19(24)14-5-7-15(8-6-14)20-25-10-11-26-20/h4-9,12,20H,3,10-11H2,1-2H3,(H,21,23)(H,22,24). The van der Waals surface area contributed by atoms with E-state index in [-0.39, 0.29) is 11.8 Å². The number of thioether (sulfide) groups is 2. The van der Waals surface area contributed by atoms with Crippen molar-refractivity contribution in [3.63, 3.8) is 0 Å². The Bertz CT molecular complexity index is 800. The van der Waals surface area contributed by atoms with Crippen molar-refractivity contribution in [3.05, 3.63) is 59.2 Å². The number of benzene rings is 2. The quantitative estimate of drug-likeness (QED) is 0.753. The minimum Gasteiger partial charge on any atom is -0.326 e. The summed E-state index contributed by atoms with van der Waals surface area (Å²) in [7, 11) is 0. The van der Waals surface area contributed by atoms with Crippen LogP contribution in [-0.4, -0.2) is 23.3 Å². The third-order valence-electron chi connectivity index (χ3n) is 4.16. The Kier molecular flexibility index (Phi) is 6.27. The molecule has 0 aliphatic carbocycles. The lowest BCUT2D eigenvalue weighted by Gasteiger charge is -2.12. The molecule has 0 bridgehead atoms. The highest BCUT2D eigenvalue weighted by Crippen LogP contribution is 2.45. The first-order chi connectivity index (χ1) is 12.6. The van der Waals surface area contributed by atoms with E-state index in [1.54, 1.807) is 13.0 Å². The summed E-state index contributed by atoms with van der Waals surface area (Å²) < 4.78 is 0.480. The van der Waals surface area contributed by atoms with Crippen molar-refractivity contribution < 1.29 is 9.59 Å². The van der Waals surface area contributed by atoms with Crippen molar-refractivity contribution >= 4 is 46.7 Å². The molecule has 26 heavy (non-hydrogen) atoms. The molecule has 3 rings (SSSR count). The van der Waals surface area contributed by atoms with Gasteiger partial charge < -0.3 is 10.6 Å². The second kappa shape index (κ2) is 8.64. The summed E-state index contributed by atoms with van der Waals surface area (Å²) in [6, 6.07) is 13.3. The van der Waals surface area contributed by atoms with Crippen molar-refractivity contribution in [1.29, 1.82) is 0 Å². The SMILES string of the molecule is CCC(=O)Nc1ccc(C)c(NC(=O)c2ccc(C3SCCS3)cc2)c1. The minimum absolute atomic E-state index is 0.0515. The molecule has 1 aliphatic heterocycles. The largest absolute Gasteiger partial charge is 0.326 e. The third-order valence-corrected chi connectivity index (χ3v) is 7.26. The minimum atomic E-state index is -0.148. The number of nitrogens with one attached hydrogen (secondary N) is 2. The predicted octanol–water partition coefficient (Wildman–Crippen LogP) is 5.07. The molecule has 0 saturated carbocycles. The first-order valence-corrected chi connectivity index (χ1v) is 10.7. The smallest absolute Gasteiger partial charge is 0.255 e. The van der Waals surface area contributed by atoms with Gasteiger partial charge in [-0.05, 0) is 42.3 Å². The molecule has 2 N–H and O–H groups in total. The van der Waals surface area contributed by atoms with Gasteiger partial charge in [-0.15, -0.1) is 23.5 Å². The van der Waals surface area contributed by atoms with E-state index < -0.39 is 0 Å². The van der Waals surface area contributed by atoms with Gasteiger partial charge >= 0.3 is 0 Å². The molecule has 136 valence electrons. The summed E-state index contributed by atoms with van der Waals surface area (Å²) in [4.78, 5) is 24.1. The summed E-state index contributed by atoms with van der Waals surface area (Å²) in [5, 5.41) is 5.76. The summed E-state index contributed by atoms with van der Waals surface area (Å²) in [5.74, 6) is 2.17. The van der Waals surface area contributed by atoms with Crippen LogP contribution in [0.4, 0.5) is 11.4 Å². The molecule has 2 aromatic rings. The van der Waals surface area contributed by atoms with Gasteiger partial charge in [-0.1, -0.05) is 25.1 Å². The number of rotatable bonds is 5. The van der Waals surface area contributed by atoms with Crippen LogP contribution < -0.4 is 10.6 Å². The van der Waals surface area contributed by atoms with Crippen LogP contribution in [0.15, 0.2) is 42.5 Å². The van der Waals surface area contributed by atoms with Crippen molar-refractivity contribution in [2.24, 2.45) is 0 Å². The number of amides is 2. The fraction of sp³-hybridized carbons (Fsp3) is 0.300. The van der Waals surface area contributed by atoms with Crippen LogP contribution in [0.25, 0.3) is 0 Å². The Morgan fingerprint density at radius 1 is 1.04 bits per heavy atom. The molecule has 1 aliphatic rings. The molecule has 1 fully saturated rings. The molecule has 0 radical (unpaired) electrons. The van der Waals surface area contributed by atoms with Gasteiger partial charge in [0, 0.05) is 34.9 Å². The zero-order valence-corrected chi connectivity index (χ0v) is 16.5. The van der Waals surface area contributed by atoms with E-state index in [0.717, 1.165) is 5.56 Å². The molecule has 1 heterocycles. The molecule has 4 nitrogen and oxygen atoms in total. The van der Waals surface area contributed by atoms with Crippen molar-refractivity contribution in [2.75, 3.05) is 22.1 Å². The van der Waals surface area contributed by atoms with E-state index in [4.69, 9.17) is 0 Å².